The normalized spacial score (nSPS) is 30.0. The lowest BCUT2D eigenvalue weighted by Crippen LogP contribution is -2.56. The summed E-state index contributed by atoms with van der Waals surface area (Å²) in [5.41, 5.74) is 2.04. The number of ketones is 1. The number of aryl methyl sites for hydroxylation is 2. The molecule has 0 bridgehead atoms. The Labute approximate surface area is 152 Å². The highest BCUT2D eigenvalue weighted by atomic mass is 16.4. The van der Waals surface area contributed by atoms with Crippen LogP contribution >= 0.6 is 0 Å². The van der Waals surface area contributed by atoms with Crippen LogP contribution in [0.25, 0.3) is 11.6 Å². The maximum absolute atomic E-state index is 12.8. The van der Waals surface area contributed by atoms with E-state index in [4.69, 9.17) is 9.52 Å². The van der Waals surface area contributed by atoms with Crippen molar-refractivity contribution >= 4 is 12.1 Å². The minimum Gasteiger partial charge on any atom is -0.420 e. The summed E-state index contributed by atoms with van der Waals surface area (Å²) in [6, 6.07) is 0. The van der Waals surface area contributed by atoms with E-state index in [1.54, 1.807) is 11.6 Å². The Morgan fingerprint density at radius 2 is 2.00 bits per heavy atom. The first-order valence-corrected chi connectivity index (χ1v) is 9.06. The molecule has 7 nitrogen and oxygen atoms in total. The Hall–Kier alpha value is -2.31. The summed E-state index contributed by atoms with van der Waals surface area (Å²) in [7, 11) is 1.88. The summed E-state index contributed by atoms with van der Waals surface area (Å²) in [5, 5.41) is 12.9. The second-order valence-electron chi connectivity index (χ2n) is 8.47. The van der Waals surface area contributed by atoms with E-state index >= 15 is 0 Å². The first-order valence-electron chi connectivity index (χ1n) is 9.06. The van der Waals surface area contributed by atoms with Gasteiger partial charge in [0.2, 0.25) is 5.89 Å². The van der Waals surface area contributed by atoms with E-state index in [1.165, 1.54) is 0 Å². The lowest BCUT2D eigenvalue weighted by molar-refractivity contribution is -0.145. The molecule has 2 aliphatic rings. The molecule has 3 atom stereocenters. The molecule has 0 aromatic carbocycles. The summed E-state index contributed by atoms with van der Waals surface area (Å²) in [6.07, 6.45) is 3.00. The van der Waals surface area contributed by atoms with Gasteiger partial charge in [0, 0.05) is 30.4 Å². The van der Waals surface area contributed by atoms with Crippen LogP contribution < -0.4 is 0 Å². The van der Waals surface area contributed by atoms with Crippen LogP contribution in [-0.4, -0.2) is 32.0 Å². The predicted octanol–water partition coefficient (Wildman–Crippen LogP) is 2.41. The van der Waals surface area contributed by atoms with Gasteiger partial charge < -0.3 is 9.21 Å². The molecule has 7 heteroatoms. The first kappa shape index (κ1) is 17.1. The van der Waals surface area contributed by atoms with Gasteiger partial charge in [0.25, 0.3) is 5.89 Å². The van der Waals surface area contributed by atoms with Gasteiger partial charge in [0.05, 0.1) is 11.6 Å². The number of Topliss-reactive ketones (excluding diaryl/α,β-unsaturated/α-hetero) is 1. The molecule has 1 saturated carbocycles. The molecule has 0 saturated heterocycles. The third kappa shape index (κ3) is 2.09. The predicted molar refractivity (Wildman–Crippen MR) is 93.4 cm³/mol. The Balaban J connectivity index is 1.89. The molecule has 4 rings (SSSR count). The molecule has 0 aliphatic heterocycles. The minimum atomic E-state index is -0.576. The van der Waals surface area contributed by atoms with E-state index in [-0.39, 0.29) is 17.1 Å². The summed E-state index contributed by atoms with van der Waals surface area (Å²) < 4.78 is 7.45. The van der Waals surface area contributed by atoms with Gasteiger partial charge in [-0.15, -0.1) is 10.2 Å². The summed E-state index contributed by atoms with van der Waals surface area (Å²) in [6.45, 7) is 7.87. The number of carbonyl (C=O) groups is 2. The average Bonchev–Trinajstić information content (AvgIpc) is 3.14. The van der Waals surface area contributed by atoms with Gasteiger partial charge in [0.1, 0.15) is 17.8 Å². The molecule has 0 spiro atoms. The number of hydrogen-bond acceptors (Lipinski definition) is 6. The van der Waals surface area contributed by atoms with Crippen molar-refractivity contribution in [2.75, 3.05) is 0 Å². The van der Waals surface area contributed by atoms with Crippen LogP contribution in [0.5, 0.6) is 0 Å². The largest absolute Gasteiger partial charge is 0.420 e. The highest BCUT2D eigenvalue weighted by molar-refractivity contribution is 5.98. The van der Waals surface area contributed by atoms with E-state index in [1.807, 2.05) is 20.9 Å². The highest BCUT2D eigenvalue weighted by Crippen LogP contribution is 2.57. The zero-order valence-corrected chi connectivity index (χ0v) is 15.9. The van der Waals surface area contributed by atoms with Gasteiger partial charge in [-0.1, -0.05) is 20.8 Å². The van der Waals surface area contributed by atoms with Gasteiger partial charge in [-0.05, 0) is 25.2 Å². The molecule has 2 aromatic rings. The van der Waals surface area contributed by atoms with Crippen LogP contribution in [-0.2, 0) is 28.5 Å². The molecule has 2 heterocycles. The number of carbonyl (C=O) groups excluding carboxylic acids is 2. The lowest BCUT2D eigenvalue weighted by Gasteiger charge is -2.53. The van der Waals surface area contributed by atoms with Gasteiger partial charge in [-0.25, -0.2) is 0 Å². The summed E-state index contributed by atoms with van der Waals surface area (Å²) in [5.74, 6) is 0.618. The molecular weight excluding hydrogens is 332 g/mol. The van der Waals surface area contributed by atoms with Crippen LogP contribution in [0.1, 0.15) is 50.8 Å². The number of rotatable bonds is 2. The molecule has 0 radical (unpaired) electrons. The van der Waals surface area contributed by atoms with E-state index in [2.05, 4.69) is 17.1 Å². The van der Waals surface area contributed by atoms with Gasteiger partial charge in [-0.3, -0.25) is 9.48 Å². The van der Waals surface area contributed by atoms with E-state index in [0.717, 1.165) is 36.1 Å². The molecular formula is C19H24N4O3. The van der Waals surface area contributed by atoms with E-state index in [9.17, 15) is 9.59 Å². The van der Waals surface area contributed by atoms with Crippen molar-refractivity contribution in [1.29, 1.82) is 0 Å². The third-order valence-electron chi connectivity index (χ3n) is 6.52. The fourth-order valence-corrected chi connectivity index (χ4v) is 5.40. The molecule has 2 aliphatic carbocycles. The fraction of sp³-hybridized carbons (Fsp3) is 0.632. The Morgan fingerprint density at radius 1 is 1.27 bits per heavy atom. The zero-order chi connectivity index (χ0) is 18.9. The SMILES string of the molecule is Cc1nnc(-c2c3c(nn2C)[C@@]2(C)CC(C=O)C(=O)C(C)(C)[C@@H]2CC3)o1. The Bertz CT molecular complexity index is 910. The number of nitrogens with zero attached hydrogens (tertiary/aromatic N) is 4. The van der Waals surface area contributed by atoms with Crippen LogP contribution in [0.2, 0.25) is 0 Å². The van der Waals surface area contributed by atoms with E-state index in [0.29, 0.717) is 18.2 Å². The van der Waals surface area contributed by atoms with Crippen LogP contribution in [0, 0.1) is 24.2 Å². The second kappa shape index (κ2) is 5.34. The van der Waals surface area contributed by atoms with Crippen molar-refractivity contribution in [3.05, 3.63) is 17.1 Å². The number of aromatic nitrogens is 4. The molecule has 1 fully saturated rings. The highest BCUT2D eigenvalue weighted by Gasteiger charge is 2.58. The minimum absolute atomic E-state index is 0.0575. The molecule has 0 amide bonds. The molecule has 26 heavy (non-hydrogen) atoms. The fourth-order valence-electron chi connectivity index (χ4n) is 5.40. The van der Waals surface area contributed by atoms with Crippen LogP contribution in [0.15, 0.2) is 4.42 Å². The van der Waals surface area contributed by atoms with Crippen molar-refractivity contribution in [3.8, 4) is 11.6 Å². The van der Waals surface area contributed by atoms with Crippen LogP contribution in [0.4, 0.5) is 0 Å². The zero-order valence-electron chi connectivity index (χ0n) is 15.9. The maximum Gasteiger partial charge on any atom is 0.266 e. The molecule has 138 valence electrons. The smallest absolute Gasteiger partial charge is 0.266 e. The number of hydrogen-bond donors (Lipinski definition) is 0. The molecule has 2 aromatic heterocycles. The molecule has 0 N–H and O–H groups in total. The summed E-state index contributed by atoms with van der Waals surface area (Å²) in [4.78, 5) is 24.4. The monoisotopic (exact) mass is 356 g/mol. The quantitative estimate of drug-likeness (QED) is 0.606. The lowest BCUT2D eigenvalue weighted by atomic mass is 9.49. The third-order valence-corrected chi connectivity index (χ3v) is 6.52. The van der Waals surface area contributed by atoms with Gasteiger partial charge in [-0.2, -0.15) is 5.10 Å². The van der Waals surface area contributed by atoms with Crippen molar-refractivity contribution in [3.63, 3.8) is 0 Å². The van der Waals surface area contributed by atoms with Crippen molar-refractivity contribution in [1.82, 2.24) is 20.0 Å². The topological polar surface area (TPSA) is 90.9 Å². The average molecular weight is 356 g/mol. The first-order chi connectivity index (χ1) is 12.2. The standard InChI is InChI=1S/C19H24N4O3/c1-10-20-21-17(26-10)14-12-6-7-13-18(2,3)16(25)11(9-24)8-19(13,4)15(12)22-23(14)5/h9,11,13H,6-8H2,1-5H3/t11?,13-,19-/m0/s1. The second-order valence-corrected chi connectivity index (χ2v) is 8.47. The van der Waals surface area contributed by atoms with Gasteiger partial charge >= 0.3 is 0 Å². The van der Waals surface area contributed by atoms with Crippen molar-refractivity contribution in [2.24, 2.45) is 24.3 Å². The number of aldehydes is 1. The van der Waals surface area contributed by atoms with E-state index < -0.39 is 11.3 Å². The maximum atomic E-state index is 12.8. The van der Waals surface area contributed by atoms with Crippen LogP contribution in [0.3, 0.4) is 0 Å². The Morgan fingerprint density at radius 3 is 2.62 bits per heavy atom. The summed E-state index contributed by atoms with van der Waals surface area (Å²) >= 11 is 0. The van der Waals surface area contributed by atoms with Gasteiger partial charge in [0.15, 0.2) is 0 Å². The molecule has 1 unspecified atom stereocenters. The number of fused-ring (bicyclic) bond motifs is 3. The van der Waals surface area contributed by atoms with Crippen molar-refractivity contribution < 1.29 is 14.0 Å². The van der Waals surface area contributed by atoms with Crippen molar-refractivity contribution in [2.45, 2.75) is 52.4 Å². The Kier molecular flexibility index (Phi) is 3.52.